The SMILES string of the molecule is OCC1=CCCCC(Cc2c[nH]c(=S)[nH]2)C1. The van der Waals surface area contributed by atoms with Crippen molar-refractivity contribution in [2.24, 2.45) is 5.92 Å². The lowest BCUT2D eigenvalue weighted by molar-refractivity contribution is 0.318. The van der Waals surface area contributed by atoms with Gasteiger partial charge in [0.25, 0.3) is 0 Å². The number of aliphatic hydroxyl groups excluding tert-OH is 1. The van der Waals surface area contributed by atoms with Crippen LogP contribution < -0.4 is 0 Å². The topological polar surface area (TPSA) is 51.8 Å². The van der Waals surface area contributed by atoms with Crippen LogP contribution in [-0.2, 0) is 6.42 Å². The van der Waals surface area contributed by atoms with Crippen LogP contribution in [0.1, 0.15) is 31.4 Å². The molecule has 16 heavy (non-hydrogen) atoms. The summed E-state index contributed by atoms with van der Waals surface area (Å²) in [6.45, 7) is 0.208. The van der Waals surface area contributed by atoms with Gasteiger partial charge in [-0.25, -0.2) is 0 Å². The van der Waals surface area contributed by atoms with Crippen LogP contribution in [0.25, 0.3) is 0 Å². The average molecular weight is 238 g/mol. The first kappa shape index (κ1) is 11.6. The molecule has 0 amide bonds. The molecular formula is C12H18N2OS. The van der Waals surface area contributed by atoms with Crippen LogP contribution in [0.15, 0.2) is 17.8 Å². The van der Waals surface area contributed by atoms with E-state index in [1.165, 1.54) is 24.1 Å². The van der Waals surface area contributed by atoms with E-state index in [1.54, 1.807) is 0 Å². The normalized spacial score (nSPS) is 21.6. The van der Waals surface area contributed by atoms with Gasteiger partial charge in [-0.2, -0.15) is 0 Å². The Morgan fingerprint density at radius 3 is 3.06 bits per heavy atom. The molecular weight excluding hydrogens is 220 g/mol. The van der Waals surface area contributed by atoms with Crippen LogP contribution in [0.5, 0.6) is 0 Å². The molecule has 1 heterocycles. The predicted octanol–water partition coefficient (Wildman–Crippen LogP) is 2.72. The molecule has 0 fully saturated rings. The summed E-state index contributed by atoms with van der Waals surface area (Å²) in [7, 11) is 0. The summed E-state index contributed by atoms with van der Waals surface area (Å²) in [5, 5.41) is 9.21. The second-order valence-electron chi connectivity index (χ2n) is 4.49. The van der Waals surface area contributed by atoms with Crippen molar-refractivity contribution in [1.82, 2.24) is 9.97 Å². The van der Waals surface area contributed by atoms with E-state index >= 15 is 0 Å². The Balaban J connectivity index is 1.99. The van der Waals surface area contributed by atoms with E-state index in [0.717, 1.165) is 19.3 Å². The van der Waals surface area contributed by atoms with Crippen molar-refractivity contribution in [1.29, 1.82) is 0 Å². The van der Waals surface area contributed by atoms with Crippen LogP contribution in [0.4, 0.5) is 0 Å². The highest BCUT2D eigenvalue weighted by atomic mass is 32.1. The van der Waals surface area contributed by atoms with Crippen molar-refractivity contribution in [2.75, 3.05) is 6.61 Å². The number of nitrogens with one attached hydrogen (secondary N) is 2. The van der Waals surface area contributed by atoms with Gasteiger partial charge in [0, 0.05) is 11.9 Å². The molecule has 0 spiro atoms. The van der Waals surface area contributed by atoms with Gasteiger partial charge in [-0.3, -0.25) is 0 Å². The van der Waals surface area contributed by atoms with Crippen molar-refractivity contribution in [3.8, 4) is 0 Å². The number of hydrogen-bond acceptors (Lipinski definition) is 2. The second kappa shape index (κ2) is 5.46. The highest BCUT2D eigenvalue weighted by molar-refractivity contribution is 7.71. The minimum atomic E-state index is 0.208. The van der Waals surface area contributed by atoms with E-state index < -0.39 is 0 Å². The van der Waals surface area contributed by atoms with Crippen molar-refractivity contribution in [3.05, 3.63) is 28.3 Å². The zero-order chi connectivity index (χ0) is 11.4. The number of aromatic amines is 2. The number of allylic oxidation sites excluding steroid dienone is 1. The third-order valence-corrected chi connectivity index (χ3v) is 3.38. The largest absolute Gasteiger partial charge is 0.392 e. The highest BCUT2D eigenvalue weighted by Gasteiger charge is 2.15. The van der Waals surface area contributed by atoms with Crippen molar-refractivity contribution in [2.45, 2.75) is 32.1 Å². The first-order chi connectivity index (χ1) is 7.78. The molecule has 4 heteroatoms. The first-order valence-corrected chi connectivity index (χ1v) is 6.24. The molecule has 88 valence electrons. The molecule has 2 rings (SSSR count). The fourth-order valence-electron chi connectivity index (χ4n) is 2.36. The molecule has 3 N–H and O–H groups in total. The van der Waals surface area contributed by atoms with E-state index in [4.69, 9.17) is 12.2 Å². The van der Waals surface area contributed by atoms with Crippen LogP contribution in [-0.4, -0.2) is 21.7 Å². The number of aromatic nitrogens is 2. The number of aliphatic hydroxyl groups is 1. The fraction of sp³-hybridized carbons (Fsp3) is 0.583. The zero-order valence-corrected chi connectivity index (χ0v) is 10.1. The molecule has 1 aliphatic carbocycles. The lowest BCUT2D eigenvalue weighted by atomic mass is 9.93. The van der Waals surface area contributed by atoms with Gasteiger partial charge < -0.3 is 15.1 Å². The molecule has 0 radical (unpaired) electrons. The van der Waals surface area contributed by atoms with E-state index in [-0.39, 0.29) is 6.61 Å². The lowest BCUT2D eigenvalue weighted by Gasteiger charge is -2.14. The molecule has 1 aromatic rings. The number of rotatable bonds is 3. The fourth-order valence-corrected chi connectivity index (χ4v) is 2.55. The molecule has 1 unspecified atom stereocenters. The maximum atomic E-state index is 9.21. The summed E-state index contributed by atoms with van der Waals surface area (Å²) in [6.07, 6.45) is 9.74. The Labute approximate surface area is 101 Å². The van der Waals surface area contributed by atoms with Gasteiger partial charge in [-0.15, -0.1) is 0 Å². The third-order valence-electron chi connectivity index (χ3n) is 3.16. The van der Waals surface area contributed by atoms with Crippen LogP contribution >= 0.6 is 12.2 Å². The van der Waals surface area contributed by atoms with Crippen molar-refractivity contribution >= 4 is 12.2 Å². The Morgan fingerprint density at radius 1 is 1.50 bits per heavy atom. The van der Waals surface area contributed by atoms with E-state index in [1.807, 2.05) is 6.20 Å². The summed E-state index contributed by atoms with van der Waals surface area (Å²) >= 11 is 5.01. The quantitative estimate of drug-likeness (QED) is 0.560. The number of imidazole rings is 1. The summed E-state index contributed by atoms with van der Waals surface area (Å²) in [5.74, 6) is 0.627. The van der Waals surface area contributed by atoms with E-state index in [0.29, 0.717) is 10.7 Å². The smallest absolute Gasteiger partial charge is 0.174 e. The van der Waals surface area contributed by atoms with Gasteiger partial charge in [0.05, 0.1) is 6.61 Å². The number of H-pyrrole nitrogens is 2. The monoisotopic (exact) mass is 238 g/mol. The summed E-state index contributed by atoms with van der Waals surface area (Å²) in [4.78, 5) is 6.15. The van der Waals surface area contributed by atoms with Gasteiger partial charge in [0.1, 0.15) is 0 Å². The third kappa shape index (κ3) is 3.06. The second-order valence-corrected chi connectivity index (χ2v) is 4.90. The van der Waals surface area contributed by atoms with Gasteiger partial charge in [-0.05, 0) is 55.8 Å². The van der Waals surface area contributed by atoms with Crippen molar-refractivity contribution < 1.29 is 5.11 Å². The molecule has 0 aromatic carbocycles. The van der Waals surface area contributed by atoms with E-state index in [2.05, 4.69) is 16.0 Å². The minimum Gasteiger partial charge on any atom is -0.392 e. The van der Waals surface area contributed by atoms with Crippen LogP contribution in [0.2, 0.25) is 0 Å². The standard InChI is InChI=1S/C12H18N2OS/c15-8-10-4-2-1-3-9(5-10)6-11-7-13-12(16)14-11/h4,7,9,15H,1-3,5-6,8H2,(H2,13,14,16). The van der Waals surface area contributed by atoms with Crippen molar-refractivity contribution in [3.63, 3.8) is 0 Å². The highest BCUT2D eigenvalue weighted by Crippen LogP contribution is 2.25. The Hall–Kier alpha value is -0.870. The van der Waals surface area contributed by atoms with Gasteiger partial charge in [0.2, 0.25) is 0 Å². The molecule has 0 saturated heterocycles. The van der Waals surface area contributed by atoms with E-state index in [9.17, 15) is 5.11 Å². The van der Waals surface area contributed by atoms with Crippen LogP contribution in [0, 0.1) is 10.7 Å². The molecule has 1 aromatic heterocycles. The summed E-state index contributed by atoms with van der Waals surface area (Å²) in [5.41, 5.74) is 2.37. The summed E-state index contributed by atoms with van der Waals surface area (Å²) in [6, 6.07) is 0. The molecule has 3 nitrogen and oxygen atoms in total. The Bertz CT molecular complexity index is 419. The van der Waals surface area contributed by atoms with Gasteiger partial charge >= 0.3 is 0 Å². The number of hydrogen-bond donors (Lipinski definition) is 3. The first-order valence-electron chi connectivity index (χ1n) is 5.83. The van der Waals surface area contributed by atoms with Gasteiger partial charge in [0.15, 0.2) is 4.77 Å². The maximum Gasteiger partial charge on any atom is 0.174 e. The molecule has 1 aliphatic rings. The maximum absolute atomic E-state index is 9.21. The predicted molar refractivity (Wildman–Crippen MR) is 66.8 cm³/mol. The minimum absolute atomic E-state index is 0.208. The molecule has 0 aliphatic heterocycles. The molecule has 0 saturated carbocycles. The summed E-state index contributed by atoms with van der Waals surface area (Å²) < 4.78 is 0.696. The average Bonchev–Trinajstić information content (AvgIpc) is 2.55. The molecule has 1 atom stereocenters. The zero-order valence-electron chi connectivity index (χ0n) is 9.33. The lowest BCUT2D eigenvalue weighted by Crippen LogP contribution is -2.06. The van der Waals surface area contributed by atoms with Gasteiger partial charge in [-0.1, -0.05) is 6.08 Å². The Kier molecular flexibility index (Phi) is 3.96. The molecule has 0 bridgehead atoms. The van der Waals surface area contributed by atoms with Crippen LogP contribution in [0.3, 0.4) is 0 Å². The Morgan fingerprint density at radius 2 is 2.38 bits per heavy atom.